The van der Waals surface area contributed by atoms with Crippen molar-refractivity contribution in [3.8, 4) is 0 Å². The number of aliphatic carboxylic acids is 1. The van der Waals surface area contributed by atoms with Crippen LogP contribution >= 0.6 is 0 Å². The number of aliphatic hydroxyl groups excluding tert-OH is 1. The second-order valence-electron chi connectivity index (χ2n) is 3.64. The maximum absolute atomic E-state index is 9.04. The number of rotatable bonds is 8. The van der Waals surface area contributed by atoms with Gasteiger partial charge in [-0.1, -0.05) is 0 Å². The molecule has 0 aliphatic heterocycles. The molecule has 1 atom stereocenters. The molecule has 0 spiro atoms. The van der Waals surface area contributed by atoms with Crippen molar-refractivity contribution in [1.29, 1.82) is 0 Å². The Hall–Kier alpha value is -0.650. The fourth-order valence-corrected chi connectivity index (χ4v) is 1.17. The molecule has 0 aromatic carbocycles. The zero-order valence-electron chi connectivity index (χ0n) is 11.3. The van der Waals surface area contributed by atoms with Gasteiger partial charge in [0.2, 0.25) is 0 Å². The van der Waals surface area contributed by atoms with Gasteiger partial charge in [0, 0.05) is 20.1 Å². The molecule has 5 nitrogen and oxygen atoms in total. The number of aliphatic hydroxyl groups is 1. The summed E-state index contributed by atoms with van der Waals surface area (Å²) in [6.07, 6.45) is 2.32. The maximum Gasteiger partial charge on any atom is 0.300 e. The van der Waals surface area contributed by atoms with Crippen molar-refractivity contribution in [2.45, 2.75) is 59.4 Å². The molecule has 0 aromatic heterocycles. The molecule has 0 saturated heterocycles. The fourth-order valence-electron chi connectivity index (χ4n) is 1.17. The van der Waals surface area contributed by atoms with Crippen LogP contribution in [0.15, 0.2) is 0 Å². The molecule has 0 aromatic rings. The summed E-state index contributed by atoms with van der Waals surface area (Å²) in [6.45, 7) is 8.16. The third-order valence-corrected chi connectivity index (χ3v) is 1.77. The first-order valence-corrected chi connectivity index (χ1v) is 6.04. The third-order valence-electron chi connectivity index (χ3n) is 1.77. The Morgan fingerprint density at radius 3 is 1.88 bits per heavy atom. The lowest BCUT2D eigenvalue weighted by Crippen LogP contribution is -2.17. The van der Waals surface area contributed by atoms with Crippen LogP contribution in [0.2, 0.25) is 0 Å². The van der Waals surface area contributed by atoms with Gasteiger partial charge in [-0.05, 0) is 40.0 Å². The van der Waals surface area contributed by atoms with Crippen molar-refractivity contribution in [2.24, 2.45) is 0 Å². The number of carbonyl (C=O) groups is 1. The lowest BCUT2D eigenvalue weighted by molar-refractivity contribution is -0.140. The van der Waals surface area contributed by atoms with E-state index in [1.807, 2.05) is 13.8 Å². The van der Waals surface area contributed by atoms with Crippen molar-refractivity contribution >= 4 is 5.97 Å². The molecule has 0 saturated carbocycles. The van der Waals surface area contributed by atoms with Crippen LogP contribution in [0.4, 0.5) is 0 Å². The highest BCUT2D eigenvalue weighted by atomic mass is 16.7. The van der Waals surface area contributed by atoms with Crippen LogP contribution < -0.4 is 0 Å². The van der Waals surface area contributed by atoms with E-state index in [4.69, 9.17) is 24.5 Å². The van der Waals surface area contributed by atoms with Gasteiger partial charge in [-0.15, -0.1) is 0 Å². The predicted octanol–water partition coefficient (Wildman–Crippen LogP) is 2.03. The molecule has 5 heteroatoms. The second kappa shape index (κ2) is 13.4. The van der Waals surface area contributed by atoms with E-state index < -0.39 is 5.97 Å². The van der Waals surface area contributed by atoms with Crippen LogP contribution in [-0.2, 0) is 14.3 Å². The molecule has 0 rings (SSSR count). The van der Waals surface area contributed by atoms with Crippen LogP contribution in [0, 0.1) is 0 Å². The van der Waals surface area contributed by atoms with E-state index in [1.165, 1.54) is 0 Å². The SMILES string of the molecule is CC(=O)O.CCOC(CCC[C@@H](C)O)OCC. The zero-order chi connectivity index (χ0) is 13.7. The highest BCUT2D eigenvalue weighted by Crippen LogP contribution is 2.08. The van der Waals surface area contributed by atoms with Crippen LogP contribution in [0.3, 0.4) is 0 Å². The summed E-state index contributed by atoms with van der Waals surface area (Å²) in [5, 5.41) is 16.5. The van der Waals surface area contributed by atoms with Crippen molar-refractivity contribution in [3.05, 3.63) is 0 Å². The average molecular weight is 250 g/mol. The van der Waals surface area contributed by atoms with Crippen LogP contribution in [0.1, 0.15) is 47.0 Å². The first-order chi connectivity index (χ1) is 7.93. The highest BCUT2D eigenvalue weighted by molar-refractivity contribution is 5.62. The normalized spacial score (nSPS) is 11.9. The molecule has 0 fully saturated rings. The molecule has 2 N–H and O–H groups in total. The van der Waals surface area contributed by atoms with Gasteiger partial charge < -0.3 is 19.7 Å². The first-order valence-electron chi connectivity index (χ1n) is 6.04. The standard InChI is InChI=1S/C10H22O3.C2H4O2/c1-4-12-10(13-5-2)8-6-7-9(3)11;1-2(3)4/h9-11H,4-8H2,1-3H3;1H3,(H,3,4)/t9-;/m1./s1. The summed E-state index contributed by atoms with van der Waals surface area (Å²) in [7, 11) is 0. The first kappa shape index (κ1) is 18.7. The molecule has 0 aliphatic rings. The molecule has 0 unspecified atom stereocenters. The zero-order valence-corrected chi connectivity index (χ0v) is 11.3. The summed E-state index contributed by atoms with van der Waals surface area (Å²) in [4.78, 5) is 9.00. The molecule has 0 heterocycles. The Balaban J connectivity index is 0. The summed E-state index contributed by atoms with van der Waals surface area (Å²) < 4.78 is 10.7. The monoisotopic (exact) mass is 250 g/mol. The minimum Gasteiger partial charge on any atom is -0.481 e. The Morgan fingerprint density at radius 1 is 1.18 bits per heavy atom. The number of ether oxygens (including phenoxy) is 2. The third kappa shape index (κ3) is 21.2. The van der Waals surface area contributed by atoms with Crippen molar-refractivity contribution in [1.82, 2.24) is 0 Å². The molecular weight excluding hydrogens is 224 g/mol. The Kier molecular flexibility index (Phi) is 14.8. The van der Waals surface area contributed by atoms with E-state index in [-0.39, 0.29) is 12.4 Å². The Morgan fingerprint density at radius 2 is 1.59 bits per heavy atom. The van der Waals surface area contributed by atoms with Crippen molar-refractivity contribution in [3.63, 3.8) is 0 Å². The number of carboxylic acids is 1. The van der Waals surface area contributed by atoms with E-state index in [2.05, 4.69) is 0 Å². The Bertz CT molecular complexity index is 160. The minimum absolute atomic E-state index is 0.0891. The molecule has 0 aliphatic carbocycles. The molecule has 0 bridgehead atoms. The minimum atomic E-state index is -0.833. The summed E-state index contributed by atoms with van der Waals surface area (Å²) in [6, 6.07) is 0. The molecule has 0 amide bonds. The van der Waals surface area contributed by atoms with E-state index >= 15 is 0 Å². The summed E-state index contributed by atoms with van der Waals surface area (Å²) in [5.41, 5.74) is 0. The topological polar surface area (TPSA) is 76.0 Å². The van der Waals surface area contributed by atoms with Gasteiger partial charge in [-0.3, -0.25) is 4.79 Å². The summed E-state index contributed by atoms with van der Waals surface area (Å²) in [5.74, 6) is -0.833. The van der Waals surface area contributed by atoms with Gasteiger partial charge in [0.1, 0.15) is 0 Å². The lowest BCUT2D eigenvalue weighted by Gasteiger charge is -2.16. The average Bonchev–Trinajstić information content (AvgIpc) is 2.16. The van der Waals surface area contributed by atoms with Crippen LogP contribution in [0.25, 0.3) is 0 Å². The molecule has 17 heavy (non-hydrogen) atoms. The van der Waals surface area contributed by atoms with Gasteiger partial charge in [-0.25, -0.2) is 0 Å². The van der Waals surface area contributed by atoms with Gasteiger partial charge in [0.15, 0.2) is 6.29 Å². The van der Waals surface area contributed by atoms with E-state index in [9.17, 15) is 0 Å². The van der Waals surface area contributed by atoms with Gasteiger partial charge >= 0.3 is 0 Å². The van der Waals surface area contributed by atoms with Gasteiger partial charge in [-0.2, -0.15) is 0 Å². The van der Waals surface area contributed by atoms with E-state index in [0.717, 1.165) is 26.2 Å². The fraction of sp³-hybridized carbons (Fsp3) is 0.917. The second-order valence-corrected chi connectivity index (χ2v) is 3.64. The smallest absolute Gasteiger partial charge is 0.300 e. The molecule has 0 radical (unpaired) electrons. The highest BCUT2D eigenvalue weighted by Gasteiger charge is 2.07. The van der Waals surface area contributed by atoms with Crippen LogP contribution in [-0.4, -0.2) is 41.8 Å². The maximum atomic E-state index is 9.04. The van der Waals surface area contributed by atoms with Crippen molar-refractivity contribution in [2.75, 3.05) is 13.2 Å². The summed E-state index contributed by atoms with van der Waals surface area (Å²) >= 11 is 0. The largest absolute Gasteiger partial charge is 0.481 e. The van der Waals surface area contributed by atoms with E-state index in [1.54, 1.807) is 6.92 Å². The molecular formula is C12H26O5. The van der Waals surface area contributed by atoms with E-state index in [0.29, 0.717) is 13.2 Å². The van der Waals surface area contributed by atoms with Gasteiger partial charge in [0.05, 0.1) is 6.10 Å². The Labute approximate surface area is 104 Å². The number of hydrogen-bond acceptors (Lipinski definition) is 4. The predicted molar refractivity (Wildman–Crippen MR) is 65.9 cm³/mol. The quantitative estimate of drug-likeness (QED) is 0.645. The lowest BCUT2D eigenvalue weighted by atomic mass is 10.2. The number of hydrogen-bond donors (Lipinski definition) is 2. The molecule has 104 valence electrons. The van der Waals surface area contributed by atoms with Crippen LogP contribution in [0.5, 0.6) is 0 Å². The number of carboxylic acid groups (broad SMARTS) is 1. The van der Waals surface area contributed by atoms with Gasteiger partial charge in [0.25, 0.3) is 5.97 Å². The van der Waals surface area contributed by atoms with Crippen molar-refractivity contribution < 1.29 is 24.5 Å².